The Morgan fingerprint density at radius 3 is 1.02 bits per heavy atom. The summed E-state index contributed by atoms with van der Waals surface area (Å²) >= 11 is 0. The summed E-state index contributed by atoms with van der Waals surface area (Å²) in [6.07, 6.45) is -7.33. The summed E-state index contributed by atoms with van der Waals surface area (Å²) in [6.45, 7) is 21.8. The van der Waals surface area contributed by atoms with Gasteiger partial charge in [0.05, 0.1) is 0 Å². The fourth-order valence-electron chi connectivity index (χ4n) is 13.3. The second-order valence-electron chi connectivity index (χ2n) is 28.2. The smallest absolute Gasteiger partial charge is 0.421 e. The van der Waals surface area contributed by atoms with Gasteiger partial charge in [-0.05, 0) is 254 Å². The van der Waals surface area contributed by atoms with E-state index >= 15 is 0 Å². The fourth-order valence-corrected chi connectivity index (χ4v) is 13.3. The molecular formula is C59H106F12O9Si3. The molecule has 3 saturated heterocycles. The van der Waals surface area contributed by atoms with Crippen LogP contribution in [0.4, 0.5) is 52.7 Å². The molecule has 492 valence electrons. The van der Waals surface area contributed by atoms with Crippen molar-refractivity contribution >= 4 is 25.0 Å². The highest BCUT2D eigenvalue weighted by Gasteiger charge is 2.74. The lowest BCUT2D eigenvalue weighted by molar-refractivity contribution is -0.416. The maximum absolute atomic E-state index is 13.6. The number of rotatable bonds is 15. The molecule has 9 rings (SSSR count). The Kier molecular flexibility index (Phi) is 28.8. The quantitative estimate of drug-likeness (QED) is 0.118. The molecule has 0 aromatic rings. The zero-order chi connectivity index (χ0) is 62.5. The molecule has 6 aliphatic carbocycles. The summed E-state index contributed by atoms with van der Waals surface area (Å²) in [4.78, 5) is 0. The van der Waals surface area contributed by atoms with E-state index in [0.29, 0.717) is 69.0 Å². The normalized spacial score (nSPS) is 32.1. The van der Waals surface area contributed by atoms with E-state index in [1.165, 1.54) is 19.8 Å². The van der Waals surface area contributed by atoms with Crippen LogP contribution in [0.2, 0.25) is 58.9 Å². The molecule has 0 aromatic carbocycles. The highest BCUT2D eigenvalue weighted by Crippen LogP contribution is 2.58. The van der Waals surface area contributed by atoms with Crippen LogP contribution in [-0.2, 0) is 41.7 Å². The molecule has 0 aromatic heterocycles. The standard InChI is InChI=1S/C16H22F6O2.C16H25F3O2.C15H23F3O2.3C4H12OSi/c17-15(18,19)14(16(20,21)22,24-13-3-1-2-6-23-13)9-12-8-10-4-5-11(12)7-10;1-15(16(17,18)19,21-14-4-2-3-7-20-14)10-13-9-11-5-6-12(13)8-11;16-15(17,18)13(20-14-3-1-2-6-19-14)9-12-8-10-4-5-11(12)7-10;3*1-5-6(2,3)4/h10-13H,1-9H2;11-14H,2-10H2,1H3;10-14H,1-9H2;3*1-4H3. The first kappa shape index (κ1) is 74.9. The third-order valence-corrected chi connectivity index (χ3v) is 22.2. The van der Waals surface area contributed by atoms with Crippen molar-refractivity contribution in [2.45, 2.75) is 281 Å². The summed E-state index contributed by atoms with van der Waals surface area (Å²) in [6, 6.07) is 0. The Morgan fingerprint density at radius 1 is 0.410 bits per heavy atom. The second-order valence-corrected chi connectivity index (χ2v) is 42.1. The van der Waals surface area contributed by atoms with Crippen molar-refractivity contribution in [2.75, 3.05) is 41.2 Å². The average Bonchev–Trinajstić information content (AvgIpc) is 3.95. The first-order valence-electron chi connectivity index (χ1n) is 31.0. The van der Waals surface area contributed by atoms with E-state index in [9.17, 15) is 52.7 Å². The minimum absolute atomic E-state index is 0.0463. The maximum Gasteiger partial charge on any atom is 0.426 e. The summed E-state index contributed by atoms with van der Waals surface area (Å²) in [7, 11) is 1.92. The maximum atomic E-state index is 13.6. The Balaban J connectivity index is 0.000000233. The molecule has 14 unspecified atom stereocenters. The van der Waals surface area contributed by atoms with Crippen LogP contribution < -0.4 is 0 Å². The molecule has 6 saturated carbocycles. The number of alkyl halides is 12. The summed E-state index contributed by atoms with van der Waals surface area (Å²) in [5, 5.41) is 0. The lowest BCUT2D eigenvalue weighted by Gasteiger charge is -2.42. The van der Waals surface area contributed by atoms with Gasteiger partial charge in [-0.15, -0.1) is 0 Å². The van der Waals surface area contributed by atoms with Crippen molar-refractivity contribution in [3.63, 3.8) is 0 Å². The predicted molar refractivity (Wildman–Crippen MR) is 305 cm³/mol. The summed E-state index contributed by atoms with van der Waals surface area (Å²) in [5.41, 5.74) is -6.19. The van der Waals surface area contributed by atoms with Crippen molar-refractivity contribution in [1.82, 2.24) is 0 Å². The molecule has 83 heavy (non-hydrogen) atoms. The van der Waals surface area contributed by atoms with Gasteiger partial charge in [-0.3, -0.25) is 0 Å². The van der Waals surface area contributed by atoms with Crippen molar-refractivity contribution in [3.05, 3.63) is 0 Å². The van der Waals surface area contributed by atoms with Gasteiger partial charge in [-0.25, -0.2) is 0 Å². The van der Waals surface area contributed by atoms with Crippen LogP contribution in [-0.4, -0.2) is 127 Å². The summed E-state index contributed by atoms with van der Waals surface area (Å²) in [5.74, 6) is 2.31. The zero-order valence-corrected chi connectivity index (χ0v) is 55.3. The van der Waals surface area contributed by atoms with Crippen LogP contribution in [0.25, 0.3) is 0 Å². The van der Waals surface area contributed by atoms with E-state index in [0.717, 1.165) is 83.5 Å². The molecule has 3 aliphatic heterocycles. The molecule has 3 heterocycles. The van der Waals surface area contributed by atoms with Crippen molar-refractivity contribution in [1.29, 1.82) is 0 Å². The molecule has 9 fully saturated rings. The first-order valence-corrected chi connectivity index (χ1v) is 41.2. The minimum atomic E-state index is -5.52. The fraction of sp³-hybridized carbons (Fsp3) is 1.00. The van der Waals surface area contributed by atoms with Crippen LogP contribution >= 0.6 is 0 Å². The van der Waals surface area contributed by atoms with E-state index in [4.69, 9.17) is 41.7 Å². The molecular weight excluding hydrogens is 1160 g/mol. The molecule has 0 radical (unpaired) electrons. The molecule has 9 aliphatic rings. The van der Waals surface area contributed by atoms with Gasteiger partial charge in [0.2, 0.25) is 0 Å². The Bertz CT molecular complexity index is 1780. The largest absolute Gasteiger partial charge is 0.426 e. The van der Waals surface area contributed by atoms with Crippen molar-refractivity contribution < 1.29 is 94.4 Å². The second kappa shape index (κ2) is 32.0. The number of fused-ring (bicyclic) bond motifs is 6. The number of hydrogen-bond donors (Lipinski definition) is 0. The van der Waals surface area contributed by atoms with E-state index in [1.807, 2.05) is 0 Å². The molecule has 24 heteroatoms. The monoisotopic (exact) mass is 1270 g/mol. The van der Waals surface area contributed by atoms with Gasteiger partial charge >= 0.3 is 24.7 Å². The zero-order valence-electron chi connectivity index (χ0n) is 52.3. The first-order chi connectivity index (χ1) is 38.2. The average molecular weight is 1270 g/mol. The van der Waals surface area contributed by atoms with Crippen LogP contribution in [0.1, 0.15) is 161 Å². The molecule has 14 atom stereocenters. The van der Waals surface area contributed by atoms with Gasteiger partial charge in [0, 0.05) is 41.2 Å². The highest BCUT2D eigenvalue weighted by atomic mass is 28.4. The SMILES string of the molecule is CC(CC1CC2CCC1C2)(OC1CCCCO1)C(F)(F)F.CO[Si](C)(C)C.CO[Si](C)(C)C.CO[Si](C)(C)C.FC(F)(F)C(CC1CC2CCC1C2)(OC1CCCCO1)C(F)(F)F.FC(F)(F)C(CC1CC2CCC1C2)OC1CCCCO1. The Morgan fingerprint density at radius 2 is 0.747 bits per heavy atom. The topological polar surface area (TPSA) is 83.1 Å². The van der Waals surface area contributed by atoms with Gasteiger partial charge in [-0.2, -0.15) is 52.7 Å². The number of ether oxygens (including phenoxy) is 6. The van der Waals surface area contributed by atoms with E-state index in [-0.39, 0.29) is 49.5 Å². The molecule has 0 amide bonds. The van der Waals surface area contributed by atoms with E-state index in [1.54, 1.807) is 21.3 Å². The van der Waals surface area contributed by atoms with E-state index < -0.39 is 98.2 Å². The van der Waals surface area contributed by atoms with E-state index in [2.05, 4.69) is 58.9 Å². The Labute approximate surface area is 492 Å². The van der Waals surface area contributed by atoms with Crippen molar-refractivity contribution in [3.8, 4) is 0 Å². The third-order valence-electron chi connectivity index (χ3n) is 18.5. The third kappa shape index (κ3) is 24.6. The van der Waals surface area contributed by atoms with Crippen LogP contribution in [0.5, 0.6) is 0 Å². The van der Waals surface area contributed by atoms with Gasteiger partial charge in [0.25, 0.3) is 5.60 Å². The van der Waals surface area contributed by atoms with Crippen LogP contribution in [0, 0.1) is 53.3 Å². The molecule has 6 bridgehead atoms. The highest BCUT2D eigenvalue weighted by molar-refractivity contribution is 6.70. The van der Waals surface area contributed by atoms with Gasteiger partial charge in [-0.1, -0.05) is 19.3 Å². The molecule has 0 spiro atoms. The number of halogens is 12. The summed E-state index contributed by atoms with van der Waals surface area (Å²) < 4.78 is 208. The lowest BCUT2D eigenvalue weighted by Crippen LogP contribution is -2.61. The molecule has 9 nitrogen and oxygen atoms in total. The van der Waals surface area contributed by atoms with Gasteiger partial charge in [0.1, 0.15) is 0 Å². The van der Waals surface area contributed by atoms with Gasteiger partial charge in [0.15, 0.2) is 55.5 Å². The molecule has 0 N–H and O–H groups in total. The van der Waals surface area contributed by atoms with Crippen molar-refractivity contribution in [2.24, 2.45) is 53.3 Å². The minimum Gasteiger partial charge on any atom is -0.421 e. The van der Waals surface area contributed by atoms with Crippen LogP contribution in [0.3, 0.4) is 0 Å². The Hall–Kier alpha value is -0.549. The van der Waals surface area contributed by atoms with Gasteiger partial charge < -0.3 is 41.7 Å². The number of hydrogen-bond acceptors (Lipinski definition) is 9. The predicted octanol–water partition coefficient (Wildman–Crippen LogP) is 18.6. The lowest BCUT2D eigenvalue weighted by atomic mass is 9.79. The van der Waals surface area contributed by atoms with Crippen LogP contribution in [0.15, 0.2) is 0 Å².